The van der Waals surface area contributed by atoms with Gasteiger partial charge in [0, 0.05) is 23.2 Å². The van der Waals surface area contributed by atoms with Crippen molar-refractivity contribution in [3.63, 3.8) is 0 Å². The number of likely N-dealkylation sites (tertiary alicyclic amines) is 1. The summed E-state index contributed by atoms with van der Waals surface area (Å²) in [6.07, 6.45) is 1.72. The summed E-state index contributed by atoms with van der Waals surface area (Å²) in [5, 5.41) is 0. The van der Waals surface area contributed by atoms with Gasteiger partial charge in [-0.1, -0.05) is 0 Å². The summed E-state index contributed by atoms with van der Waals surface area (Å²) in [7, 11) is 0.217. The zero-order chi connectivity index (χ0) is 15.8. The predicted molar refractivity (Wildman–Crippen MR) is 88.8 cm³/mol. The van der Waals surface area contributed by atoms with Gasteiger partial charge in [0.05, 0.1) is 4.90 Å². The number of nitrogen functional groups attached to an aromatic ring is 1. The van der Waals surface area contributed by atoms with E-state index in [-0.39, 0.29) is 6.04 Å². The highest BCUT2D eigenvalue weighted by Crippen LogP contribution is 2.30. The highest BCUT2D eigenvalue weighted by atomic mass is 79.9. The molecule has 1 aromatic rings. The second-order valence-electron chi connectivity index (χ2n) is 5.69. The van der Waals surface area contributed by atoms with Gasteiger partial charge in [-0.25, -0.2) is 8.42 Å². The highest BCUT2D eigenvalue weighted by molar-refractivity contribution is 9.10. The molecule has 0 spiro atoms. The summed E-state index contributed by atoms with van der Waals surface area (Å²) in [4.78, 5) is 2.52. The number of anilines is 1. The first-order chi connectivity index (χ1) is 9.73. The fourth-order valence-corrected chi connectivity index (χ4v) is 4.77. The van der Waals surface area contributed by atoms with Crippen LogP contribution in [0.5, 0.6) is 0 Å². The van der Waals surface area contributed by atoms with E-state index in [1.54, 1.807) is 26.1 Å². The van der Waals surface area contributed by atoms with E-state index in [2.05, 4.69) is 27.9 Å². The van der Waals surface area contributed by atoms with Gasteiger partial charge >= 0.3 is 0 Å². The lowest BCUT2D eigenvalue weighted by atomic mass is 10.1. The lowest BCUT2D eigenvalue weighted by molar-refractivity contribution is 0.197. The quantitative estimate of drug-likeness (QED) is 0.820. The fraction of sp³-hybridized carbons (Fsp3) is 0.571. The van der Waals surface area contributed by atoms with E-state index in [1.807, 2.05) is 0 Å². The van der Waals surface area contributed by atoms with Gasteiger partial charge in [-0.2, -0.15) is 4.31 Å². The normalized spacial score (nSPS) is 18.3. The maximum Gasteiger partial charge on any atom is 0.243 e. The zero-order valence-corrected chi connectivity index (χ0v) is 15.0. The second kappa shape index (κ2) is 6.24. The molecule has 1 heterocycles. The van der Waals surface area contributed by atoms with Crippen LogP contribution < -0.4 is 5.73 Å². The van der Waals surface area contributed by atoms with Crippen LogP contribution in [0.3, 0.4) is 0 Å². The van der Waals surface area contributed by atoms with Crippen LogP contribution in [0.4, 0.5) is 5.69 Å². The number of rotatable bonds is 3. The van der Waals surface area contributed by atoms with Crippen molar-refractivity contribution < 1.29 is 8.42 Å². The second-order valence-corrected chi connectivity index (χ2v) is 8.52. The number of benzene rings is 1. The standard InChI is InChI=1S/C14H22BrN3O2S/c1-10-8-12(15)13(16)9-14(10)21(19,20)18(3)11-4-6-17(2)7-5-11/h8-9,11H,4-7,16H2,1-3H3. The molecule has 1 aliphatic heterocycles. The minimum absolute atomic E-state index is 0.0514. The number of sulfonamides is 1. The first-order valence-corrected chi connectivity index (χ1v) is 9.19. The monoisotopic (exact) mass is 375 g/mol. The molecule has 0 radical (unpaired) electrons. The summed E-state index contributed by atoms with van der Waals surface area (Å²) < 4.78 is 27.9. The molecule has 2 rings (SSSR count). The summed E-state index contributed by atoms with van der Waals surface area (Å²) in [6.45, 7) is 3.64. The molecule has 0 aliphatic carbocycles. The van der Waals surface area contributed by atoms with Crippen molar-refractivity contribution in [1.29, 1.82) is 0 Å². The lowest BCUT2D eigenvalue weighted by Crippen LogP contribution is -2.44. The Balaban J connectivity index is 2.31. The third kappa shape index (κ3) is 3.41. The van der Waals surface area contributed by atoms with E-state index in [0.717, 1.165) is 30.4 Å². The number of aryl methyl sites for hydroxylation is 1. The fourth-order valence-electron chi connectivity index (χ4n) is 2.66. The van der Waals surface area contributed by atoms with Crippen LogP contribution in [0, 0.1) is 6.92 Å². The van der Waals surface area contributed by atoms with Crippen LogP contribution in [0.15, 0.2) is 21.5 Å². The van der Waals surface area contributed by atoms with Gasteiger partial charge in [-0.3, -0.25) is 0 Å². The molecule has 0 unspecified atom stereocenters. The highest BCUT2D eigenvalue weighted by Gasteiger charge is 2.31. The van der Waals surface area contributed by atoms with Gasteiger partial charge in [0.25, 0.3) is 0 Å². The largest absolute Gasteiger partial charge is 0.398 e. The molecule has 21 heavy (non-hydrogen) atoms. The van der Waals surface area contributed by atoms with Crippen molar-refractivity contribution in [3.05, 3.63) is 22.2 Å². The molecule has 1 aliphatic rings. The number of halogens is 1. The van der Waals surface area contributed by atoms with E-state index in [0.29, 0.717) is 16.1 Å². The van der Waals surface area contributed by atoms with Crippen molar-refractivity contribution in [3.8, 4) is 0 Å². The number of nitrogens with two attached hydrogens (primary N) is 1. The lowest BCUT2D eigenvalue weighted by Gasteiger charge is -2.34. The Morgan fingerprint density at radius 3 is 2.48 bits per heavy atom. The van der Waals surface area contributed by atoms with Crippen LogP contribution in [0.25, 0.3) is 0 Å². The molecular formula is C14H22BrN3O2S. The van der Waals surface area contributed by atoms with Gasteiger partial charge in [0.2, 0.25) is 10.0 Å². The first-order valence-electron chi connectivity index (χ1n) is 6.95. The SMILES string of the molecule is Cc1cc(Br)c(N)cc1S(=O)(=O)N(C)C1CCN(C)CC1. The topological polar surface area (TPSA) is 66.6 Å². The molecule has 0 amide bonds. The summed E-state index contributed by atoms with van der Waals surface area (Å²) in [5.74, 6) is 0. The van der Waals surface area contributed by atoms with Crippen LogP contribution in [0.2, 0.25) is 0 Å². The molecule has 1 fully saturated rings. The Morgan fingerprint density at radius 2 is 1.90 bits per heavy atom. The van der Waals surface area contributed by atoms with Crippen LogP contribution in [0.1, 0.15) is 18.4 Å². The van der Waals surface area contributed by atoms with Gasteiger partial charge in [-0.05, 0) is 73.5 Å². The number of piperidine rings is 1. The van der Waals surface area contributed by atoms with Gasteiger partial charge in [0.1, 0.15) is 0 Å². The van der Waals surface area contributed by atoms with Gasteiger partial charge in [0.15, 0.2) is 0 Å². The Labute approximate surface area is 135 Å². The van der Waals surface area contributed by atoms with Crippen LogP contribution in [-0.2, 0) is 10.0 Å². The number of hydrogen-bond donors (Lipinski definition) is 1. The smallest absolute Gasteiger partial charge is 0.243 e. The summed E-state index contributed by atoms with van der Waals surface area (Å²) in [6, 6.07) is 3.35. The van der Waals surface area contributed by atoms with E-state index in [1.165, 1.54) is 4.31 Å². The molecule has 1 saturated heterocycles. The van der Waals surface area contributed by atoms with Crippen molar-refractivity contribution in [2.75, 3.05) is 32.9 Å². The van der Waals surface area contributed by atoms with E-state index < -0.39 is 10.0 Å². The molecule has 0 saturated carbocycles. The molecule has 0 aromatic heterocycles. The Kier molecular flexibility index (Phi) is 4.97. The number of nitrogens with zero attached hydrogens (tertiary/aromatic N) is 2. The Morgan fingerprint density at radius 1 is 1.33 bits per heavy atom. The third-order valence-corrected chi connectivity index (χ3v) is 6.89. The van der Waals surface area contributed by atoms with Crippen LogP contribution >= 0.6 is 15.9 Å². The summed E-state index contributed by atoms with van der Waals surface area (Å²) >= 11 is 3.33. The van der Waals surface area contributed by atoms with Crippen molar-refractivity contribution in [2.45, 2.75) is 30.7 Å². The molecular weight excluding hydrogens is 354 g/mol. The maximum atomic E-state index is 12.8. The number of hydrogen-bond acceptors (Lipinski definition) is 4. The minimum atomic E-state index is -3.51. The molecule has 118 valence electrons. The third-order valence-electron chi connectivity index (χ3n) is 4.15. The van der Waals surface area contributed by atoms with Crippen molar-refractivity contribution in [2.24, 2.45) is 0 Å². The molecule has 5 nitrogen and oxygen atoms in total. The zero-order valence-electron chi connectivity index (χ0n) is 12.6. The maximum absolute atomic E-state index is 12.8. The van der Waals surface area contributed by atoms with Crippen LogP contribution in [-0.4, -0.2) is 50.8 Å². The van der Waals surface area contributed by atoms with Crippen molar-refractivity contribution >= 4 is 31.6 Å². The Hall–Kier alpha value is -0.630. The van der Waals surface area contributed by atoms with E-state index in [4.69, 9.17) is 5.73 Å². The van der Waals surface area contributed by atoms with E-state index in [9.17, 15) is 8.42 Å². The average molecular weight is 376 g/mol. The average Bonchev–Trinajstić information content (AvgIpc) is 2.42. The molecule has 2 N–H and O–H groups in total. The molecule has 7 heteroatoms. The van der Waals surface area contributed by atoms with Gasteiger partial charge < -0.3 is 10.6 Å². The van der Waals surface area contributed by atoms with Crippen molar-refractivity contribution in [1.82, 2.24) is 9.21 Å². The minimum Gasteiger partial charge on any atom is -0.398 e. The molecule has 0 atom stereocenters. The molecule has 1 aromatic carbocycles. The van der Waals surface area contributed by atoms with Gasteiger partial charge in [-0.15, -0.1) is 0 Å². The Bertz CT molecular complexity index is 625. The molecule has 0 bridgehead atoms. The summed E-state index contributed by atoms with van der Waals surface area (Å²) in [5.41, 5.74) is 6.99. The predicted octanol–water partition coefficient (Wildman–Crippen LogP) is 2.05. The van der Waals surface area contributed by atoms with E-state index >= 15 is 0 Å². The first kappa shape index (κ1) is 16.7.